The third-order valence-corrected chi connectivity index (χ3v) is 10.0. The van der Waals surface area contributed by atoms with E-state index in [2.05, 4.69) is 24.1 Å². The Hall–Kier alpha value is -3.68. The Morgan fingerprint density at radius 2 is 1.52 bits per heavy atom. The molecule has 6 rings (SSSR count). The first-order valence-electron chi connectivity index (χ1n) is 15.7. The lowest BCUT2D eigenvalue weighted by atomic mass is 9.63. The molecule has 0 aliphatic carbocycles. The second kappa shape index (κ2) is 12.8. The number of hydrogen-bond donors (Lipinski definition) is 2. The predicted molar refractivity (Wildman–Crippen MR) is 184 cm³/mol. The van der Waals surface area contributed by atoms with Crippen LogP contribution in [0.3, 0.4) is 0 Å². The van der Waals surface area contributed by atoms with Crippen LogP contribution in [0.1, 0.15) is 60.6 Å². The van der Waals surface area contributed by atoms with Crippen molar-refractivity contribution in [1.29, 1.82) is 0 Å². The molecule has 0 unspecified atom stereocenters. The molecule has 2 N–H and O–H groups in total. The maximum absolute atomic E-state index is 14.9. The molecular formula is C38H39Cl2N3O3. The molecule has 0 saturated carbocycles. The molecule has 1 saturated heterocycles. The zero-order valence-electron chi connectivity index (χ0n) is 26.4. The minimum Gasteiger partial charge on any atom is -0.386 e. The second-order valence-corrected chi connectivity index (χ2v) is 13.9. The molecule has 4 aromatic carbocycles. The number of carbonyl (C=O) groups excluding carboxylic acids is 2. The number of carbonyl (C=O) groups is 2. The van der Waals surface area contributed by atoms with Gasteiger partial charge in [0.1, 0.15) is 5.41 Å². The largest absolute Gasteiger partial charge is 0.386 e. The van der Waals surface area contributed by atoms with Gasteiger partial charge in [-0.1, -0.05) is 116 Å². The molecule has 2 amide bonds. The molecule has 6 atom stereocenters. The number of nitrogens with one attached hydrogen (secondary N) is 1. The lowest BCUT2D eigenvalue weighted by Gasteiger charge is -2.43. The highest BCUT2D eigenvalue weighted by Gasteiger charge is 2.70. The van der Waals surface area contributed by atoms with Crippen molar-refractivity contribution in [2.75, 3.05) is 19.4 Å². The normalized spacial score (nSPS) is 23.7. The Morgan fingerprint density at radius 1 is 0.891 bits per heavy atom. The number of hydrogen-bond acceptors (Lipinski definition) is 4. The van der Waals surface area contributed by atoms with Crippen LogP contribution >= 0.6 is 23.2 Å². The van der Waals surface area contributed by atoms with E-state index < -0.39 is 35.6 Å². The van der Waals surface area contributed by atoms with E-state index in [1.54, 1.807) is 31.1 Å². The molecule has 2 aliphatic heterocycles. The number of amides is 2. The van der Waals surface area contributed by atoms with Gasteiger partial charge in [0.05, 0.1) is 18.2 Å². The Morgan fingerprint density at radius 3 is 2.13 bits per heavy atom. The van der Waals surface area contributed by atoms with Crippen molar-refractivity contribution in [3.63, 3.8) is 0 Å². The van der Waals surface area contributed by atoms with E-state index in [-0.39, 0.29) is 17.7 Å². The summed E-state index contributed by atoms with van der Waals surface area (Å²) >= 11 is 13.1. The van der Waals surface area contributed by atoms with Crippen LogP contribution in [-0.2, 0) is 15.0 Å². The first-order chi connectivity index (χ1) is 22.0. The number of nitrogens with zero attached hydrogens (tertiary/aromatic N) is 2. The van der Waals surface area contributed by atoms with Gasteiger partial charge < -0.3 is 15.3 Å². The maximum atomic E-state index is 14.9. The Bertz CT molecular complexity index is 1730. The van der Waals surface area contributed by atoms with Crippen LogP contribution in [-0.4, -0.2) is 52.9 Å². The summed E-state index contributed by atoms with van der Waals surface area (Å²) in [6.07, 6.45) is -0.436. The highest BCUT2D eigenvalue weighted by Crippen LogP contribution is 2.62. The van der Waals surface area contributed by atoms with Crippen molar-refractivity contribution in [1.82, 2.24) is 9.80 Å². The summed E-state index contributed by atoms with van der Waals surface area (Å²) in [5, 5.41) is 16.6. The van der Waals surface area contributed by atoms with Gasteiger partial charge in [-0.15, -0.1) is 0 Å². The molecule has 238 valence electrons. The molecule has 8 heteroatoms. The van der Waals surface area contributed by atoms with E-state index in [1.807, 2.05) is 91.0 Å². The highest BCUT2D eigenvalue weighted by molar-refractivity contribution is 6.31. The summed E-state index contributed by atoms with van der Waals surface area (Å²) in [6.45, 7) is 4.25. The minimum absolute atomic E-state index is 0.145. The fourth-order valence-electron chi connectivity index (χ4n) is 7.83. The molecule has 46 heavy (non-hydrogen) atoms. The number of rotatable bonds is 8. The lowest BCUT2D eigenvalue weighted by Crippen LogP contribution is -2.52. The monoisotopic (exact) mass is 655 g/mol. The SMILES string of the molecule is CC(C)C[C@H]1N([C@H](c2ccccc2)[C@@H](O)c2ccccc2)[C@@H](C(=O)N(C)C)[C@H](c2cccc(Cl)c2)[C@@]12C(=O)Nc1cc(Cl)ccc12. The third-order valence-electron chi connectivity index (χ3n) is 9.56. The molecule has 0 bridgehead atoms. The quantitative estimate of drug-likeness (QED) is 0.205. The Kier molecular flexibility index (Phi) is 9.01. The molecular weight excluding hydrogens is 617 g/mol. The van der Waals surface area contributed by atoms with Crippen LogP contribution in [0, 0.1) is 5.92 Å². The number of halogens is 2. The van der Waals surface area contributed by atoms with Crippen LogP contribution in [0.2, 0.25) is 10.0 Å². The fraction of sp³-hybridized carbons (Fsp3) is 0.316. The zero-order chi connectivity index (χ0) is 32.7. The van der Waals surface area contributed by atoms with Gasteiger partial charge in [-0.2, -0.15) is 0 Å². The van der Waals surface area contributed by atoms with Crippen molar-refractivity contribution in [2.45, 2.75) is 55.8 Å². The molecule has 6 nitrogen and oxygen atoms in total. The second-order valence-electron chi connectivity index (χ2n) is 13.0. The maximum Gasteiger partial charge on any atom is 0.240 e. The number of anilines is 1. The predicted octanol–water partition coefficient (Wildman–Crippen LogP) is 7.63. The fourth-order valence-corrected chi connectivity index (χ4v) is 8.20. The smallest absolute Gasteiger partial charge is 0.240 e. The molecule has 0 radical (unpaired) electrons. The number of aliphatic hydroxyl groups is 1. The van der Waals surface area contributed by atoms with E-state index in [9.17, 15) is 14.7 Å². The van der Waals surface area contributed by atoms with E-state index in [0.717, 1.165) is 22.3 Å². The third kappa shape index (κ3) is 5.41. The zero-order valence-corrected chi connectivity index (χ0v) is 27.9. The number of fused-ring (bicyclic) bond motifs is 2. The summed E-state index contributed by atoms with van der Waals surface area (Å²) in [4.78, 5) is 33.4. The lowest BCUT2D eigenvalue weighted by molar-refractivity contribution is -0.136. The average molecular weight is 657 g/mol. The van der Waals surface area contributed by atoms with E-state index in [4.69, 9.17) is 23.2 Å². The van der Waals surface area contributed by atoms with E-state index in [0.29, 0.717) is 22.2 Å². The van der Waals surface area contributed by atoms with Crippen molar-refractivity contribution < 1.29 is 14.7 Å². The van der Waals surface area contributed by atoms with E-state index >= 15 is 0 Å². The molecule has 2 aliphatic rings. The van der Waals surface area contributed by atoms with Gasteiger partial charge in [0.15, 0.2) is 0 Å². The van der Waals surface area contributed by atoms with Crippen LogP contribution in [0.25, 0.3) is 0 Å². The van der Waals surface area contributed by atoms with Gasteiger partial charge in [0, 0.05) is 41.8 Å². The Labute approximate surface area is 280 Å². The van der Waals surface area contributed by atoms with Crippen LogP contribution in [0.15, 0.2) is 103 Å². The highest BCUT2D eigenvalue weighted by atomic mass is 35.5. The summed E-state index contributed by atoms with van der Waals surface area (Å²) < 4.78 is 0. The summed E-state index contributed by atoms with van der Waals surface area (Å²) in [6, 6.07) is 30.3. The molecule has 2 heterocycles. The Balaban J connectivity index is 1.73. The number of benzene rings is 4. The standard InChI is InChI=1S/C38H39Cl2N3O3/c1-23(2)20-31-38(29-19-18-28(40)22-30(29)41-37(38)46)32(26-16-11-17-27(39)21-26)34(36(45)42(3)4)43(31)33(24-12-7-5-8-13-24)35(44)25-14-9-6-10-15-25/h5-19,21-23,31-35,44H,20H2,1-4H3,(H,41,46)/t31-,32+,33-,34-,35+,38+/m1/s1. The molecule has 1 spiro atoms. The van der Waals surface area contributed by atoms with Crippen molar-refractivity contribution in [3.05, 3.63) is 135 Å². The van der Waals surface area contributed by atoms with Crippen molar-refractivity contribution in [3.8, 4) is 0 Å². The van der Waals surface area contributed by atoms with Crippen molar-refractivity contribution in [2.24, 2.45) is 5.92 Å². The molecule has 0 aromatic heterocycles. The van der Waals surface area contributed by atoms with Gasteiger partial charge in [0.25, 0.3) is 0 Å². The summed E-state index contributed by atoms with van der Waals surface area (Å²) in [5.74, 6) is -0.860. The van der Waals surface area contributed by atoms with Crippen molar-refractivity contribution >= 4 is 40.7 Å². The number of aliphatic hydroxyl groups excluding tert-OH is 1. The van der Waals surface area contributed by atoms with E-state index in [1.165, 1.54) is 0 Å². The first-order valence-corrected chi connectivity index (χ1v) is 16.4. The van der Waals surface area contributed by atoms with Gasteiger partial charge in [-0.05, 0) is 58.9 Å². The van der Waals surface area contributed by atoms with Gasteiger partial charge >= 0.3 is 0 Å². The molecule has 4 aromatic rings. The summed E-state index contributed by atoms with van der Waals surface area (Å²) in [5.41, 5.74) is 2.56. The topological polar surface area (TPSA) is 72.9 Å². The van der Waals surface area contributed by atoms with Gasteiger partial charge in [-0.3, -0.25) is 14.5 Å². The van der Waals surface area contributed by atoms with Crippen LogP contribution in [0.5, 0.6) is 0 Å². The number of likely N-dealkylation sites (tertiary alicyclic amines) is 1. The molecule has 1 fully saturated rings. The average Bonchev–Trinajstić information content (AvgIpc) is 3.48. The minimum atomic E-state index is -1.21. The number of likely N-dealkylation sites (N-methyl/N-ethyl adjacent to an activating group) is 1. The summed E-state index contributed by atoms with van der Waals surface area (Å²) in [7, 11) is 3.48. The van der Waals surface area contributed by atoms with Gasteiger partial charge in [-0.25, -0.2) is 0 Å². The van der Waals surface area contributed by atoms with Crippen LogP contribution in [0.4, 0.5) is 5.69 Å². The van der Waals surface area contributed by atoms with Gasteiger partial charge in [0.2, 0.25) is 11.8 Å². The first kappa shape index (κ1) is 32.3. The van der Waals surface area contributed by atoms with Crippen LogP contribution < -0.4 is 5.32 Å².